The van der Waals surface area contributed by atoms with Gasteiger partial charge < -0.3 is 10.6 Å². The van der Waals surface area contributed by atoms with E-state index in [2.05, 4.69) is 10.6 Å². The Hall–Kier alpha value is -2.60. The van der Waals surface area contributed by atoms with Crippen LogP contribution in [-0.4, -0.2) is 23.9 Å². The molecule has 114 valence electrons. The average Bonchev–Trinajstić information content (AvgIpc) is 2.51. The average molecular weight is 320 g/mol. The van der Waals surface area contributed by atoms with Crippen molar-refractivity contribution < 1.29 is 9.72 Å². The van der Waals surface area contributed by atoms with Gasteiger partial charge in [0.05, 0.1) is 4.92 Å². The molecule has 0 saturated heterocycles. The Kier molecular flexibility index (Phi) is 5.32. The van der Waals surface area contributed by atoms with Crippen molar-refractivity contribution in [1.29, 1.82) is 0 Å². The van der Waals surface area contributed by atoms with Crippen LogP contribution in [-0.2, 0) is 0 Å². The molecule has 0 fully saturated rings. The molecule has 0 aliphatic heterocycles. The topological polar surface area (TPSA) is 84.3 Å². The van der Waals surface area contributed by atoms with Crippen LogP contribution >= 0.6 is 11.6 Å². The van der Waals surface area contributed by atoms with Gasteiger partial charge in [-0.25, -0.2) is 0 Å². The van der Waals surface area contributed by atoms with Crippen LogP contribution in [0, 0.1) is 10.1 Å². The van der Waals surface area contributed by atoms with Crippen LogP contribution in [0.1, 0.15) is 10.4 Å². The summed E-state index contributed by atoms with van der Waals surface area (Å²) in [5, 5.41) is 16.9. The summed E-state index contributed by atoms with van der Waals surface area (Å²) in [5.41, 5.74) is 1.30. The summed E-state index contributed by atoms with van der Waals surface area (Å²) in [6, 6.07) is 12.8. The van der Waals surface area contributed by atoms with Gasteiger partial charge >= 0.3 is 0 Å². The molecule has 2 aromatic rings. The van der Waals surface area contributed by atoms with Gasteiger partial charge in [0.1, 0.15) is 0 Å². The number of carbonyl (C=O) groups is 1. The Balaban J connectivity index is 1.77. The van der Waals surface area contributed by atoms with Gasteiger partial charge in [-0.15, -0.1) is 0 Å². The minimum atomic E-state index is -0.449. The van der Waals surface area contributed by atoms with Gasteiger partial charge in [-0.05, 0) is 30.3 Å². The van der Waals surface area contributed by atoms with E-state index in [0.717, 1.165) is 5.69 Å². The zero-order valence-electron chi connectivity index (χ0n) is 11.6. The number of hydrogen-bond acceptors (Lipinski definition) is 4. The largest absolute Gasteiger partial charge is 0.383 e. The highest BCUT2D eigenvalue weighted by Crippen LogP contribution is 2.15. The van der Waals surface area contributed by atoms with E-state index in [1.165, 1.54) is 12.1 Å². The molecular formula is C15H14ClN3O3. The fourth-order valence-corrected chi connectivity index (χ4v) is 2.01. The number of nitro benzene ring substituents is 1. The number of amides is 1. The van der Waals surface area contributed by atoms with Gasteiger partial charge in [-0.3, -0.25) is 14.9 Å². The highest BCUT2D eigenvalue weighted by molar-refractivity contribution is 6.30. The van der Waals surface area contributed by atoms with E-state index in [9.17, 15) is 14.9 Å². The monoisotopic (exact) mass is 319 g/mol. The van der Waals surface area contributed by atoms with Gasteiger partial charge in [0.2, 0.25) is 0 Å². The SMILES string of the molecule is O=C(NCCNc1ccc([N+](=O)[O-])cc1)c1cccc(Cl)c1. The lowest BCUT2D eigenvalue weighted by molar-refractivity contribution is -0.384. The minimum absolute atomic E-state index is 0.0415. The van der Waals surface area contributed by atoms with Gasteiger partial charge in [-0.1, -0.05) is 17.7 Å². The zero-order chi connectivity index (χ0) is 15.9. The van der Waals surface area contributed by atoms with Crippen molar-refractivity contribution in [2.75, 3.05) is 18.4 Å². The minimum Gasteiger partial charge on any atom is -0.383 e. The van der Waals surface area contributed by atoms with E-state index in [0.29, 0.717) is 23.7 Å². The highest BCUT2D eigenvalue weighted by Gasteiger charge is 2.05. The van der Waals surface area contributed by atoms with Crippen LogP contribution in [0.3, 0.4) is 0 Å². The first-order valence-electron chi connectivity index (χ1n) is 6.58. The van der Waals surface area contributed by atoms with Crippen molar-refractivity contribution in [2.24, 2.45) is 0 Å². The Bertz CT molecular complexity index is 674. The first-order chi connectivity index (χ1) is 10.6. The first-order valence-corrected chi connectivity index (χ1v) is 6.96. The normalized spacial score (nSPS) is 10.0. The quantitative estimate of drug-likeness (QED) is 0.487. The van der Waals surface area contributed by atoms with Crippen molar-refractivity contribution in [1.82, 2.24) is 5.32 Å². The summed E-state index contributed by atoms with van der Waals surface area (Å²) in [4.78, 5) is 21.9. The van der Waals surface area contributed by atoms with Gasteiger partial charge in [-0.2, -0.15) is 0 Å². The van der Waals surface area contributed by atoms with E-state index in [1.807, 2.05) is 0 Å². The number of anilines is 1. The molecule has 0 aromatic heterocycles. The molecule has 7 heteroatoms. The number of halogens is 1. The molecule has 6 nitrogen and oxygen atoms in total. The molecular weight excluding hydrogens is 306 g/mol. The molecule has 0 aliphatic carbocycles. The van der Waals surface area contributed by atoms with Crippen molar-refractivity contribution in [3.8, 4) is 0 Å². The first kappa shape index (κ1) is 15.8. The van der Waals surface area contributed by atoms with Crippen LogP contribution in [0.15, 0.2) is 48.5 Å². The Morgan fingerprint density at radius 3 is 2.50 bits per heavy atom. The molecule has 22 heavy (non-hydrogen) atoms. The van der Waals surface area contributed by atoms with Crippen molar-refractivity contribution in [3.63, 3.8) is 0 Å². The van der Waals surface area contributed by atoms with E-state index in [4.69, 9.17) is 11.6 Å². The molecule has 0 unspecified atom stereocenters. The number of nitrogens with zero attached hydrogens (tertiary/aromatic N) is 1. The molecule has 0 bridgehead atoms. The number of rotatable bonds is 6. The summed E-state index contributed by atoms with van der Waals surface area (Å²) in [6.45, 7) is 0.923. The van der Waals surface area contributed by atoms with Crippen molar-refractivity contribution >= 4 is 28.9 Å². The Morgan fingerprint density at radius 1 is 1.14 bits per heavy atom. The van der Waals surface area contributed by atoms with Crippen LogP contribution in [0.25, 0.3) is 0 Å². The summed E-state index contributed by atoms with van der Waals surface area (Å²) in [6.07, 6.45) is 0. The zero-order valence-corrected chi connectivity index (χ0v) is 12.3. The maximum Gasteiger partial charge on any atom is 0.269 e. The van der Waals surface area contributed by atoms with Crippen molar-refractivity contribution in [3.05, 3.63) is 69.2 Å². The second kappa shape index (κ2) is 7.42. The smallest absolute Gasteiger partial charge is 0.269 e. The van der Waals surface area contributed by atoms with Crippen LogP contribution < -0.4 is 10.6 Å². The Labute approximate surface area is 132 Å². The summed E-state index contributed by atoms with van der Waals surface area (Å²) < 4.78 is 0. The van der Waals surface area contributed by atoms with E-state index in [1.54, 1.807) is 36.4 Å². The molecule has 1 amide bonds. The molecule has 2 N–H and O–H groups in total. The Morgan fingerprint density at radius 2 is 1.86 bits per heavy atom. The molecule has 2 rings (SSSR count). The molecule has 0 heterocycles. The number of carbonyl (C=O) groups excluding carboxylic acids is 1. The lowest BCUT2D eigenvalue weighted by Crippen LogP contribution is -2.28. The second-order valence-corrected chi connectivity index (χ2v) is 4.93. The number of hydrogen-bond donors (Lipinski definition) is 2. The summed E-state index contributed by atoms with van der Waals surface area (Å²) >= 11 is 5.83. The number of nitro groups is 1. The highest BCUT2D eigenvalue weighted by atomic mass is 35.5. The van der Waals surface area contributed by atoms with Crippen LogP contribution in [0.4, 0.5) is 11.4 Å². The second-order valence-electron chi connectivity index (χ2n) is 4.50. The maximum atomic E-state index is 11.9. The fraction of sp³-hybridized carbons (Fsp3) is 0.133. The molecule has 0 spiro atoms. The fourth-order valence-electron chi connectivity index (χ4n) is 1.82. The summed E-state index contributed by atoms with van der Waals surface area (Å²) in [7, 11) is 0. The van der Waals surface area contributed by atoms with Crippen LogP contribution in [0.5, 0.6) is 0 Å². The maximum absolute atomic E-state index is 11.9. The molecule has 0 aliphatic rings. The van der Waals surface area contributed by atoms with Gasteiger partial charge in [0, 0.05) is 41.5 Å². The third kappa shape index (κ3) is 4.46. The van der Waals surface area contributed by atoms with Gasteiger partial charge in [0.15, 0.2) is 0 Å². The third-order valence-corrected chi connectivity index (χ3v) is 3.14. The summed E-state index contributed by atoms with van der Waals surface area (Å²) in [5.74, 6) is -0.201. The lowest BCUT2D eigenvalue weighted by atomic mass is 10.2. The molecule has 0 saturated carbocycles. The molecule has 0 atom stereocenters. The van der Waals surface area contributed by atoms with E-state index < -0.39 is 4.92 Å². The van der Waals surface area contributed by atoms with Crippen molar-refractivity contribution in [2.45, 2.75) is 0 Å². The van der Waals surface area contributed by atoms with Crippen LogP contribution in [0.2, 0.25) is 5.02 Å². The van der Waals surface area contributed by atoms with E-state index >= 15 is 0 Å². The standard InChI is InChI=1S/C15H14ClN3O3/c16-12-3-1-2-11(10-12)15(20)18-9-8-17-13-4-6-14(7-5-13)19(21)22/h1-7,10,17H,8-9H2,(H,18,20). The molecule has 2 aromatic carbocycles. The number of benzene rings is 2. The lowest BCUT2D eigenvalue weighted by Gasteiger charge is -2.08. The predicted molar refractivity (Wildman–Crippen MR) is 85.4 cm³/mol. The predicted octanol–water partition coefficient (Wildman–Crippen LogP) is 3.09. The molecule has 0 radical (unpaired) electrons. The third-order valence-electron chi connectivity index (χ3n) is 2.90. The van der Waals surface area contributed by atoms with Gasteiger partial charge in [0.25, 0.3) is 11.6 Å². The van der Waals surface area contributed by atoms with E-state index in [-0.39, 0.29) is 11.6 Å². The number of nitrogens with one attached hydrogen (secondary N) is 2. The number of non-ortho nitro benzene ring substituents is 1.